The molecule has 0 radical (unpaired) electrons. The largest absolute Gasteiger partial charge is 0.586 e. The number of ether oxygens (including phenoxy) is 2. The number of fused-ring (bicyclic) bond motifs is 2. The van der Waals surface area contributed by atoms with Gasteiger partial charge in [-0.3, -0.25) is 4.79 Å². The maximum Gasteiger partial charge on any atom is 0.586 e. The minimum absolute atomic E-state index is 0.0836. The zero-order chi connectivity index (χ0) is 32.8. The molecule has 2 atom stereocenters. The van der Waals surface area contributed by atoms with Crippen molar-refractivity contribution in [2.75, 3.05) is 6.61 Å². The van der Waals surface area contributed by atoms with Crippen LogP contribution in [0.4, 0.5) is 13.2 Å². The molecular weight excluding hydrogens is 487 g/mol. The lowest BCUT2D eigenvalue weighted by molar-refractivity contribution is -0.286. The van der Waals surface area contributed by atoms with Crippen molar-refractivity contribution in [1.29, 1.82) is 0 Å². The summed E-state index contributed by atoms with van der Waals surface area (Å²) in [6.45, 7) is -1.84. The molecule has 2 aromatic carbocycles. The van der Waals surface area contributed by atoms with Gasteiger partial charge >= 0.3 is 6.29 Å². The number of hydrogen-bond acceptors (Lipinski definition) is 5. The predicted molar refractivity (Wildman–Crippen MR) is 131 cm³/mol. The van der Waals surface area contributed by atoms with Gasteiger partial charge in [-0.05, 0) is 60.6 Å². The van der Waals surface area contributed by atoms with Gasteiger partial charge in [0.1, 0.15) is 11.6 Å². The number of carbonyl (C=O) groups excluding carboxylic acids is 1. The highest BCUT2D eigenvalue weighted by molar-refractivity contribution is 5.95. The Labute approximate surface area is 222 Å². The molecular formula is C28H30F3NO5. The van der Waals surface area contributed by atoms with Crippen LogP contribution in [0.2, 0.25) is 0 Å². The lowest BCUT2D eigenvalue weighted by atomic mass is 9.86. The van der Waals surface area contributed by atoms with Gasteiger partial charge in [-0.25, -0.2) is 4.39 Å². The van der Waals surface area contributed by atoms with E-state index in [1.165, 1.54) is 32.0 Å². The number of aliphatic hydroxyl groups excluding tert-OH is 1. The highest BCUT2D eigenvalue weighted by Crippen LogP contribution is 2.52. The molecule has 2 aliphatic rings. The first-order valence-corrected chi connectivity index (χ1v) is 11.8. The van der Waals surface area contributed by atoms with Crippen LogP contribution in [0, 0.1) is 5.82 Å². The van der Waals surface area contributed by atoms with Crippen LogP contribution in [0.3, 0.4) is 0 Å². The molecule has 1 fully saturated rings. The van der Waals surface area contributed by atoms with Gasteiger partial charge in [0.2, 0.25) is 0 Å². The van der Waals surface area contributed by atoms with Crippen molar-refractivity contribution in [1.82, 2.24) is 4.57 Å². The highest BCUT2D eigenvalue weighted by Gasteiger charge is 2.52. The third-order valence-electron chi connectivity index (χ3n) is 7.12. The van der Waals surface area contributed by atoms with Crippen molar-refractivity contribution < 1.29 is 47.2 Å². The first-order chi connectivity index (χ1) is 20.2. The number of aromatic nitrogens is 1. The number of rotatable bonds is 9. The maximum absolute atomic E-state index is 16.0. The molecule has 2 heterocycles. The zero-order valence-electron chi connectivity index (χ0n) is 27.2. The number of alkyl halides is 2. The standard InChI is InChI=1S/C28H30F3NO5/c1-4-26(2,3)24-10-17-9-16(20(29)13-21(17)32(24)14-19(34)15-33)11-25(35)27(7-8-27)18-5-6-22-23(12-18)37-28(30,31)36-22/h5-6,9-10,12-13,19,33-34H,4,7-8,11,14-15H2,1-3H3/t19-/m0/s1/i2D3,9D,10D,13D,19D/t19-,26?. The molecule has 1 unspecified atom stereocenters. The molecule has 0 spiro atoms. The van der Waals surface area contributed by atoms with E-state index in [9.17, 15) is 23.8 Å². The number of ketones is 1. The lowest BCUT2D eigenvalue weighted by Crippen LogP contribution is -2.26. The van der Waals surface area contributed by atoms with Crippen LogP contribution in [0.5, 0.6) is 11.5 Å². The number of nitrogens with zero attached hydrogens (tertiary/aromatic N) is 1. The van der Waals surface area contributed by atoms with Gasteiger partial charge in [0.05, 0.1) is 35.6 Å². The third kappa shape index (κ3) is 4.48. The summed E-state index contributed by atoms with van der Waals surface area (Å²) in [5.74, 6) is -2.34. The van der Waals surface area contributed by atoms with Crippen LogP contribution in [0.25, 0.3) is 10.9 Å². The fourth-order valence-corrected chi connectivity index (χ4v) is 4.64. The number of aliphatic hydroxyl groups is 2. The zero-order valence-corrected chi connectivity index (χ0v) is 20.2. The van der Waals surface area contributed by atoms with Crippen LogP contribution in [0.15, 0.2) is 36.3 Å². The first kappa shape index (κ1) is 18.3. The van der Waals surface area contributed by atoms with E-state index >= 15 is 4.39 Å². The van der Waals surface area contributed by atoms with Crippen molar-refractivity contribution in [3.63, 3.8) is 0 Å². The molecule has 3 aromatic rings. The molecule has 1 aliphatic carbocycles. The van der Waals surface area contributed by atoms with E-state index in [0.717, 1.165) is 4.57 Å². The molecule has 5 rings (SSSR count). The summed E-state index contributed by atoms with van der Waals surface area (Å²) in [4.78, 5) is 13.7. The fraction of sp³-hybridized carbons (Fsp3) is 0.464. The summed E-state index contributed by atoms with van der Waals surface area (Å²) < 4.78 is 112. The molecule has 1 aromatic heterocycles. The first-order valence-electron chi connectivity index (χ1n) is 15.3. The molecule has 9 heteroatoms. The maximum atomic E-state index is 16.0. The number of Topliss-reactive ketones (excluding diaryl/α,β-unsaturated/α-hetero) is 1. The Hall–Kier alpha value is -3.04. The predicted octanol–water partition coefficient (Wildman–Crippen LogP) is 4.99. The third-order valence-corrected chi connectivity index (χ3v) is 7.12. The van der Waals surface area contributed by atoms with Crippen LogP contribution >= 0.6 is 0 Å². The molecule has 37 heavy (non-hydrogen) atoms. The SMILES string of the molecule is [2H]c1c(CC(=O)C2(c3ccc4c(c3)OC(F)(F)O4)CC2)c(F)c([2H])c2c1c([2H])c(C(C)(CC)C([2H])([2H])[2H])n2C[C@]([2H])(O)CO. The van der Waals surface area contributed by atoms with Crippen molar-refractivity contribution in [2.24, 2.45) is 0 Å². The summed E-state index contributed by atoms with van der Waals surface area (Å²) in [7, 11) is 0. The van der Waals surface area contributed by atoms with E-state index in [4.69, 9.17) is 9.60 Å². The van der Waals surface area contributed by atoms with E-state index in [2.05, 4.69) is 9.47 Å². The summed E-state index contributed by atoms with van der Waals surface area (Å²) in [6, 6.07) is 1.83. The smallest absolute Gasteiger partial charge is 0.395 e. The van der Waals surface area contributed by atoms with E-state index < -0.39 is 90.4 Å². The Bertz CT molecular complexity index is 1690. The second kappa shape index (κ2) is 8.77. The van der Waals surface area contributed by atoms with Crippen LogP contribution < -0.4 is 9.47 Å². The van der Waals surface area contributed by atoms with Crippen molar-refractivity contribution in [3.05, 3.63) is 59.0 Å². The van der Waals surface area contributed by atoms with Crippen LogP contribution in [-0.4, -0.2) is 39.5 Å². The quantitative estimate of drug-likeness (QED) is 0.413. The van der Waals surface area contributed by atoms with Crippen molar-refractivity contribution >= 4 is 16.7 Å². The van der Waals surface area contributed by atoms with Crippen LogP contribution in [-0.2, 0) is 28.6 Å². The fourth-order valence-electron chi connectivity index (χ4n) is 4.64. The Morgan fingerprint density at radius 2 is 2.03 bits per heavy atom. The molecule has 6 nitrogen and oxygen atoms in total. The second-order valence-corrected chi connectivity index (χ2v) is 9.75. The van der Waals surface area contributed by atoms with E-state index in [0.29, 0.717) is 18.4 Å². The summed E-state index contributed by atoms with van der Waals surface area (Å²) in [5.41, 5.74) is -3.91. The summed E-state index contributed by atoms with van der Waals surface area (Å²) >= 11 is 0. The number of benzene rings is 2. The number of carbonyl (C=O) groups is 1. The van der Waals surface area contributed by atoms with Gasteiger partial charge < -0.3 is 24.3 Å². The number of hydrogen-bond donors (Lipinski definition) is 2. The number of halogens is 3. The Balaban J connectivity index is 1.65. The molecule has 1 aliphatic heterocycles. The van der Waals surface area contributed by atoms with Crippen molar-refractivity contribution in [2.45, 2.75) is 76.1 Å². The summed E-state index contributed by atoms with van der Waals surface area (Å²) in [6.07, 6.45) is -6.65. The second-order valence-electron chi connectivity index (χ2n) is 9.75. The van der Waals surface area contributed by atoms with E-state index in [-0.39, 0.29) is 29.0 Å². The Morgan fingerprint density at radius 1 is 1.30 bits per heavy atom. The van der Waals surface area contributed by atoms with Gasteiger partial charge in [-0.15, -0.1) is 8.78 Å². The van der Waals surface area contributed by atoms with Gasteiger partial charge in [0, 0.05) is 27.0 Å². The van der Waals surface area contributed by atoms with Gasteiger partial charge in [0.15, 0.2) is 11.5 Å². The molecule has 0 bridgehead atoms. The monoisotopic (exact) mass is 524 g/mol. The Morgan fingerprint density at radius 3 is 2.68 bits per heavy atom. The molecule has 1 saturated carbocycles. The molecule has 2 N–H and O–H groups in total. The Kier molecular flexibility index (Phi) is 4.33. The average Bonchev–Trinajstić information content (AvgIpc) is 3.61. The normalized spacial score (nSPS) is 23.5. The van der Waals surface area contributed by atoms with Gasteiger partial charge in [-0.2, -0.15) is 0 Å². The molecule has 0 saturated heterocycles. The molecule has 0 amide bonds. The highest BCUT2D eigenvalue weighted by atomic mass is 19.3. The van der Waals surface area contributed by atoms with E-state index in [1.54, 1.807) is 0 Å². The van der Waals surface area contributed by atoms with E-state index in [1.807, 2.05) is 0 Å². The lowest BCUT2D eigenvalue weighted by Gasteiger charge is -2.26. The minimum atomic E-state index is -3.87. The average molecular weight is 525 g/mol. The minimum Gasteiger partial charge on any atom is -0.395 e. The van der Waals surface area contributed by atoms with Gasteiger partial charge in [-0.1, -0.05) is 26.8 Å². The molecule has 198 valence electrons. The summed E-state index contributed by atoms with van der Waals surface area (Å²) in [5, 5.41) is 19.6. The van der Waals surface area contributed by atoms with Crippen molar-refractivity contribution in [3.8, 4) is 11.5 Å². The van der Waals surface area contributed by atoms with Gasteiger partial charge in [0.25, 0.3) is 0 Å². The van der Waals surface area contributed by atoms with Crippen LogP contribution in [0.1, 0.15) is 66.4 Å². The topological polar surface area (TPSA) is 80.9 Å².